The molecule has 11 nitrogen and oxygen atoms in total. The molecule has 3 unspecified atom stereocenters. The number of nitrogens with two attached hydrogens (primary N) is 1. The van der Waals surface area contributed by atoms with Crippen LogP contribution in [-0.2, 0) is 24.3 Å². The van der Waals surface area contributed by atoms with E-state index in [0.29, 0.717) is 17.9 Å². The van der Waals surface area contributed by atoms with Crippen LogP contribution in [0.15, 0.2) is 0 Å². The minimum Gasteiger partial charge on any atom is -0.326 e. The predicted octanol–water partition coefficient (Wildman–Crippen LogP) is -1.62. The summed E-state index contributed by atoms with van der Waals surface area (Å²) in [4.78, 5) is 30.2. The quantitative estimate of drug-likeness (QED) is 0.386. The minimum atomic E-state index is -4.80. The van der Waals surface area contributed by atoms with Gasteiger partial charge in [0.15, 0.2) is 0 Å². The number of hydroxylamine groups is 3. The minimum absolute atomic E-state index is 0.118. The summed E-state index contributed by atoms with van der Waals surface area (Å²) in [5.74, 6) is -0.527. The van der Waals surface area contributed by atoms with Gasteiger partial charge in [0.05, 0.1) is 12.6 Å². The normalized spacial score (nSPS) is 26.2. The maximum absolute atomic E-state index is 12.1. The Labute approximate surface area is 127 Å². The monoisotopic (exact) mass is 338 g/mol. The molecule has 3 atom stereocenters. The van der Waals surface area contributed by atoms with Crippen LogP contribution in [0.2, 0.25) is 0 Å². The SMILES string of the molecule is CC(N)CONC(=O)C1CCC2CN1C(=O)N2OS(=O)(=O)O. The molecule has 2 fully saturated rings. The second kappa shape index (κ2) is 6.34. The molecular weight excluding hydrogens is 320 g/mol. The number of hydrogen-bond acceptors (Lipinski definition) is 7. The van der Waals surface area contributed by atoms with Gasteiger partial charge in [0.25, 0.3) is 5.91 Å². The fourth-order valence-electron chi connectivity index (χ4n) is 2.42. The van der Waals surface area contributed by atoms with Gasteiger partial charge in [0, 0.05) is 12.6 Å². The molecule has 2 heterocycles. The van der Waals surface area contributed by atoms with Crippen LogP contribution in [0.5, 0.6) is 0 Å². The van der Waals surface area contributed by atoms with Gasteiger partial charge in [-0.05, 0) is 19.8 Å². The molecule has 12 heteroatoms. The topological polar surface area (TPSA) is 151 Å². The van der Waals surface area contributed by atoms with Crippen molar-refractivity contribution in [3.8, 4) is 0 Å². The van der Waals surface area contributed by atoms with Gasteiger partial charge in [-0.25, -0.2) is 10.3 Å². The van der Waals surface area contributed by atoms with Gasteiger partial charge in [-0.3, -0.25) is 14.2 Å². The summed E-state index contributed by atoms with van der Waals surface area (Å²) >= 11 is 0. The van der Waals surface area contributed by atoms with Crippen LogP contribution >= 0.6 is 0 Å². The Hall–Kier alpha value is -1.47. The Morgan fingerprint density at radius 1 is 1.55 bits per heavy atom. The summed E-state index contributed by atoms with van der Waals surface area (Å²) in [7, 11) is -4.80. The molecule has 0 saturated carbocycles. The number of carbonyl (C=O) groups excluding carboxylic acids is 2. The maximum Gasteiger partial charge on any atom is 0.418 e. The third kappa shape index (κ3) is 3.84. The van der Waals surface area contributed by atoms with Crippen LogP contribution in [0.4, 0.5) is 4.79 Å². The zero-order chi connectivity index (χ0) is 16.5. The van der Waals surface area contributed by atoms with E-state index in [1.165, 1.54) is 4.90 Å². The number of nitrogens with zero attached hydrogens (tertiary/aromatic N) is 2. The summed E-state index contributed by atoms with van der Waals surface area (Å²) in [5.41, 5.74) is 7.68. The highest BCUT2D eigenvalue weighted by atomic mass is 32.3. The molecule has 22 heavy (non-hydrogen) atoms. The molecule has 0 aliphatic carbocycles. The molecule has 126 valence electrons. The first-order valence-corrected chi connectivity index (χ1v) is 7.99. The zero-order valence-corrected chi connectivity index (χ0v) is 12.7. The first kappa shape index (κ1) is 16.9. The van der Waals surface area contributed by atoms with E-state index < -0.39 is 34.4 Å². The summed E-state index contributed by atoms with van der Waals surface area (Å²) in [6.45, 7) is 1.94. The first-order valence-electron chi connectivity index (χ1n) is 6.63. The number of fused-ring (bicyclic) bond motifs is 2. The van der Waals surface area contributed by atoms with Crippen LogP contribution in [-0.4, -0.2) is 66.1 Å². The van der Waals surface area contributed by atoms with Crippen LogP contribution in [0, 0.1) is 0 Å². The fraction of sp³-hybridized carbons (Fsp3) is 0.800. The van der Waals surface area contributed by atoms with Gasteiger partial charge < -0.3 is 10.6 Å². The van der Waals surface area contributed by atoms with Gasteiger partial charge in [0.1, 0.15) is 6.04 Å². The lowest BCUT2D eigenvalue weighted by Gasteiger charge is -2.28. The molecular formula is C10H18N4O7S. The van der Waals surface area contributed by atoms with Crippen molar-refractivity contribution in [3.63, 3.8) is 0 Å². The van der Waals surface area contributed by atoms with E-state index >= 15 is 0 Å². The highest BCUT2D eigenvalue weighted by Crippen LogP contribution is 2.30. The summed E-state index contributed by atoms with van der Waals surface area (Å²) in [6, 6.07) is -2.40. The fourth-order valence-corrected chi connectivity index (χ4v) is 2.80. The van der Waals surface area contributed by atoms with Crippen LogP contribution in [0.25, 0.3) is 0 Å². The molecule has 0 aromatic carbocycles. The Morgan fingerprint density at radius 3 is 2.82 bits per heavy atom. The van der Waals surface area contributed by atoms with Gasteiger partial charge in [-0.2, -0.15) is 13.5 Å². The maximum atomic E-state index is 12.1. The van der Waals surface area contributed by atoms with E-state index in [4.69, 9.17) is 15.1 Å². The van der Waals surface area contributed by atoms with Gasteiger partial charge in [-0.1, -0.05) is 0 Å². The number of nitrogens with one attached hydrogen (secondary N) is 1. The molecule has 0 aromatic rings. The third-order valence-electron chi connectivity index (χ3n) is 3.32. The molecule has 2 rings (SSSR count). The van der Waals surface area contributed by atoms with E-state index in [1.54, 1.807) is 6.92 Å². The summed E-state index contributed by atoms with van der Waals surface area (Å²) in [6.07, 6.45) is 0.665. The van der Waals surface area contributed by atoms with E-state index in [2.05, 4.69) is 9.76 Å². The Kier molecular flexibility index (Phi) is 4.87. The molecule has 2 aliphatic rings. The first-order chi connectivity index (χ1) is 10.2. The molecule has 0 radical (unpaired) electrons. The third-order valence-corrected chi connectivity index (χ3v) is 3.67. The summed E-state index contributed by atoms with van der Waals surface area (Å²) < 4.78 is 34.4. The number of piperidine rings is 1. The van der Waals surface area contributed by atoms with Crippen molar-refractivity contribution >= 4 is 22.3 Å². The molecule has 2 bridgehead atoms. The Morgan fingerprint density at radius 2 is 2.23 bits per heavy atom. The summed E-state index contributed by atoms with van der Waals surface area (Å²) in [5, 5.41) is 0.575. The standard InChI is InChI=1S/C10H18N4O7S/c1-6(11)5-20-12-9(15)8-3-2-7-4-13(8)10(16)14(7)21-22(17,18)19/h6-8H,2-5,11H2,1H3,(H,12,15)(H,17,18,19). The number of amides is 3. The van der Waals surface area contributed by atoms with Crippen molar-refractivity contribution in [1.29, 1.82) is 0 Å². The number of rotatable bonds is 6. The largest absolute Gasteiger partial charge is 0.418 e. The second-order valence-electron chi connectivity index (χ2n) is 5.26. The highest BCUT2D eigenvalue weighted by molar-refractivity contribution is 7.80. The average Bonchev–Trinajstić information content (AvgIpc) is 2.62. The molecule has 0 spiro atoms. The van der Waals surface area contributed by atoms with Crippen molar-refractivity contribution < 1.29 is 31.7 Å². The van der Waals surface area contributed by atoms with Crippen LogP contribution in [0.3, 0.4) is 0 Å². The van der Waals surface area contributed by atoms with Crippen molar-refractivity contribution in [3.05, 3.63) is 0 Å². The lowest BCUT2D eigenvalue weighted by Crippen LogP contribution is -2.50. The lowest BCUT2D eigenvalue weighted by molar-refractivity contribution is -0.139. The molecule has 2 saturated heterocycles. The number of hydrogen-bond donors (Lipinski definition) is 3. The second-order valence-corrected chi connectivity index (χ2v) is 6.27. The van der Waals surface area contributed by atoms with Crippen molar-refractivity contribution in [2.75, 3.05) is 13.2 Å². The van der Waals surface area contributed by atoms with Crippen LogP contribution < -0.4 is 11.2 Å². The van der Waals surface area contributed by atoms with Gasteiger partial charge in [0.2, 0.25) is 0 Å². The van der Waals surface area contributed by atoms with Gasteiger partial charge >= 0.3 is 16.4 Å². The van der Waals surface area contributed by atoms with Gasteiger partial charge in [-0.15, -0.1) is 4.28 Å². The molecule has 2 aliphatic heterocycles. The molecule has 0 aromatic heterocycles. The van der Waals surface area contributed by atoms with Crippen LogP contribution in [0.1, 0.15) is 19.8 Å². The smallest absolute Gasteiger partial charge is 0.326 e. The Bertz CT molecular complexity index is 551. The van der Waals surface area contributed by atoms with E-state index in [-0.39, 0.29) is 19.2 Å². The Balaban J connectivity index is 1.98. The molecule has 3 amide bonds. The van der Waals surface area contributed by atoms with E-state index in [0.717, 1.165) is 0 Å². The van der Waals surface area contributed by atoms with E-state index in [1.807, 2.05) is 0 Å². The number of carbonyl (C=O) groups is 2. The van der Waals surface area contributed by atoms with Crippen molar-refractivity contribution in [2.45, 2.75) is 37.9 Å². The average molecular weight is 338 g/mol. The predicted molar refractivity (Wildman–Crippen MR) is 71.1 cm³/mol. The van der Waals surface area contributed by atoms with E-state index in [9.17, 15) is 18.0 Å². The zero-order valence-electron chi connectivity index (χ0n) is 11.8. The van der Waals surface area contributed by atoms with Crippen molar-refractivity contribution in [1.82, 2.24) is 15.4 Å². The highest BCUT2D eigenvalue weighted by Gasteiger charge is 2.49. The molecule has 4 N–H and O–H groups in total. The lowest BCUT2D eigenvalue weighted by atomic mass is 10.0. The number of urea groups is 1. The van der Waals surface area contributed by atoms with Crippen molar-refractivity contribution in [2.24, 2.45) is 5.73 Å².